The van der Waals surface area contributed by atoms with E-state index in [4.69, 9.17) is 21.1 Å². The third-order valence-corrected chi connectivity index (χ3v) is 6.55. The Kier molecular flexibility index (Phi) is 5.77. The zero-order chi connectivity index (χ0) is 22.9. The quantitative estimate of drug-likeness (QED) is 0.501. The van der Waals surface area contributed by atoms with Crippen LogP contribution in [-0.2, 0) is 18.9 Å². The second-order valence-corrected chi connectivity index (χ2v) is 8.57. The van der Waals surface area contributed by atoms with Crippen LogP contribution < -0.4 is 25.0 Å². The van der Waals surface area contributed by atoms with Gasteiger partial charge in [-0.3, -0.25) is 4.79 Å². The summed E-state index contributed by atoms with van der Waals surface area (Å²) in [7, 11) is 3.46. The van der Waals surface area contributed by atoms with Crippen molar-refractivity contribution in [3.05, 3.63) is 76.9 Å². The van der Waals surface area contributed by atoms with Crippen molar-refractivity contribution < 1.29 is 14.3 Å². The molecule has 0 saturated heterocycles. The second kappa shape index (κ2) is 8.87. The number of nitrogens with one attached hydrogen (secondary N) is 2. The maximum absolute atomic E-state index is 13.6. The van der Waals surface area contributed by atoms with Crippen LogP contribution in [0.25, 0.3) is 0 Å². The highest BCUT2D eigenvalue weighted by atomic mass is 35.5. The Morgan fingerprint density at radius 2 is 1.94 bits per heavy atom. The summed E-state index contributed by atoms with van der Waals surface area (Å²) in [6, 6.07) is 17.9. The highest BCUT2D eigenvalue weighted by Gasteiger charge is 2.37. The first-order valence-electron chi connectivity index (χ1n) is 11.0. The lowest BCUT2D eigenvalue weighted by Crippen LogP contribution is -2.39. The van der Waals surface area contributed by atoms with Gasteiger partial charge in [0.05, 0.1) is 24.4 Å². The van der Waals surface area contributed by atoms with Crippen LogP contribution in [-0.4, -0.2) is 32.7 Å². The first kappa shape index (κ1) is 21.5. The molecule has 2 aliphatic rings. The Bertz CT molecular complexity index is 1190. The van der Waals surface area contributed by atoms with Crippen LogP contribution in [0.1, 0.15) is 27.0 Å². The number of methoxy groups -OCH3 is 1. The van der Waals surface area contributed by atoms with E-state index in [0.29, 0.717) is 36.1 Å². The van der Waals surface area contributed by atoms with Crippen LogP contribution in [0, 0.1) is 0 Å². The van der Waals surface area contributed by atoms with Gasteiger partial charge >= 0.3 is 0 Å². The van der Waals surface area contributed by atoms with Gasteiger partial charge in [-0.05, 0) is 47.4 Å². The number of hydrogen-bond acceptors (Lipinski definition) is 5. The van der Waals surface area contributed by atoms with Gasteiger partial charge in [-0.2, -0.15) is 0 Å². The number of para-hydroxylation sites is 1. The van der Waals surface area contributed by atoms with Crippen LogP contribution in [0.2, 0.25) is 0 Å². The van der Waals surface area contributed by atoms with Crippen molar-refractivity contribution in [2.24, 2.45) is 0 Å². The molecule has 170 valence electrons. The van der Waals surface area contributed by atoms with Crippen LogP contribution in [0.3, 0.4) is 0 Å². The third-order valence-electron chi connectivity index (χ3n) is 6.24. The molecular weight excluding hydrogens is 438 g/mol. The molecule has 0 saturated carbocycles. The Balaban J connectivity index is 1.44. The first-order chi connectivity index (χ1) is 16.1. The normalized spacial score (nSPS) is 16.3. The van der Waals surface area contributed by atoms with Crippen molar-refractivity contribution in [1.82, 2.24) is 0 Å². The number of hydrogen-bond donors (Lipinski definition) is 2. The minimum atomic E-state index is -0.0247. The maximum Gasteiger partial charge on any atom is 0.260 e. The van der Waals surface area contributed by atoms with Crippen LogP contribution in [0.5, 0.6) is 11.5 Å². The average Bonchev–Trinajstić information content (AvgIpc) is 3.17. The van der Waals surface area contributed by atoms with Crippen molar-refractivity contribution >= 4 is 34.6 Å². The number of ether oxygens (including phenoxy) is 2. The molecule has 0 aliphatic carbocycles. The Labute approximate surface area is 198 Å². The largest absolute Gasteiger partial charge is 0.493 e. The molecule has 0 spiro atoms. The molecule has 3 aromatic rings. The van der Waals surface area contributed by atoms with Gasteiger partial charge in [0.2, 0.25) is 0 Å². The fraction of sp³-hybridized carbons (Fsp3) is 0.269. The molecule has 1 atom stereocenters. The van der Waals surface area contributed by atoms with Gasteiger partial charge in [-0.1, -0.05) is 24.3 Å². The highest BCUT2D eigenvalue weighted by molar-refractivity contribution is 6.17. The van der Waals surface area contributed by atoms with E-state index in [0.717, 1.165) is 34.6 Å². The van der Waals surface area contributed by atoms with Gasteiger partial charge in [0, 0.05) is 36.9 Å². The van der Waals surface area contributed by atoms with E-state index in [1.54, 1.807) is 13.2 Å². The minimum Gasteiger partial charge on any atom is -0.493 e. The van der Waals surface area contributed by atoms with Crippen molar-refractivity contribution in [3.8, 4) is 11.5 Å². The predicted molar refractivity (Wildman–Crippen MR) is 132 cm³/mol. The molecule has 7 heteroatoms. The summed E-state index contributed by atoms with van der Waals surface area (Å²) >= 11 is 6.04. The van der Waals surface area contributed by atoms with Crippen molar-refractivity contribution in [2.75, 3.05) is 36.2 Å². The number of benzene rings is 3. The molecule has 3 aromatic carbocycles. The van der Waals surface area contributed by atoms with Gasteiger partial charge in [-0.25, -0.2) is 0 Å². The summed E-state index contributed by atoms with van der Waals surface area (Å²) < 4.78 is 11.7. The molecule has 0 fully saturated rings. The fourth-order valence-corrected chi connectivity index (χ4v) is 4.79. The van der Waals surface area contributed by atoms with Crippen molar-refractivity contribution in [1.29, 1.82) is 0 Å². The number of carbonyl (C=O) groups excluding carboxylic acids is 1. The number of alkyl halides is 1. The number of nitrogens with zero attached hydrogens (tertiary/aromatic N) is 1. The summed E-state index contributed by atoms with van der Waals surface area (Å²) in [5.74, 6) is 1.51. The van der Waals surface area contributed by atoms with Gasteiger partial charge in [0.25, 0.3) is 5.91 Å². The average molecular weight is 464 g/mol. The second-order valence-electron chi connectivity index (χ2n) is 8.30. The minimum absolute atomic E-state index is 0.0247. The summed E-state index contributed by atoms with van der Waals surface area (Å²) in [4.78, 5) is 15.5. The van der Waals surface area contributed by atoms with Crippen LogP contribution in [0.15, 0.2) is 54.6 Å². The van der Waals surface area contributed by atoms with Crippen molar-refractivity contribution in [2.45, 2.75) is 24.9 Å². The molecule has 2 aliphatic heterocycles. The summed E-state index contributed by atoms with van der Waals surface area (Å²) in [6.07, 6.45) is 0.841. The summed E-state index contributed by atoms with van der Waals surface area (Å²) in [6.45, 7) is 1.02. The van der Waals surface area contributed by atoms with Gasteiger partial charge < -0.3 is 25.0 Å². The standard InChI is InChI=1S/C26H26ClN3O3/c1-28-19-8-16(13-27)7-17(9-19)15-33-25-12-22-21(11-24(25)32-2)26(31)30-20(14-29-22)10-18-5-3-4-6-23(18)30/h3-9,11-12,20,28-29H,10,13-15H2,1-2H3. The molecule has 0 aromatic heterocycles. The zero-order valence-electron chi connectivity index (χ0n) is 18.7. The molecule has 0 bridgehead atoms. The summed E-state index contributed by atoms with van der Waals surface area (Å²) in [5, 5.41) is 6.61. The highest BCUT2D eigenvalue weighted by Crippen LogP contribution is 2.40. The van der Waals surface area contributed by atoms with Gasteiger partial charge in [-0.15, -0.1) is 11.6 Å². The molecule has 5 rings (SSSR count). The number of carbonyl (C=O) groups is 1. The van der Waals surface area contributed by atoms with E-state index in [1.165, 1.54) is 5.56 Å². The monoisotopic (exact) mass is 463 g/mol. The van der Waals surface area contributed by atoms with E-state index in [9.17, 15) is 4.79 Å². The van der Waals surface area contributed by atoms with Gasteiger partial charge in [0.15, 0.2) is 11.5 Å². The number of halogens is 1. The molecule has 2 heterocycles. The fourth-order valence-electron chi connectivity index (χ4n) is 4.64. The van der Waals surface area contributed by atoms with Gasteiger partial charge in [0.1, 0.15) is 6.61 Å². The smallest absolute Gasteiger partial charge is 0.260 e. The molecule has 1 amide bonds. The maximum atomic E-state index is 13.6. The molecular formula is C26H26ClN3O3. The van der Waals surface area contributed by atoms with E-state index in [-0.39, 0.29) is 11.9 Å². The molecule has 2 N–H and O–H groups in total. The Morgan fingerprint density at radius 1 is 1.12 bits per heavy atom. The topological polar surface area (TPSA) is 62.8 Å². The zero-order valence-corrected chi connectivity index (χ0v) is 19.4. The van der Waals surface area contributed by atoms with E-state index in [1.807, 2.05) is 54.4 Å². The Hall–Kier alpha value is -3.38. The number of anilines is 3. The third kappa shape index (κ3) is 3.95. The number of fused-ring (bicyclic) bond motifs is 4. The molecule has 0 radical (unpaired) electrons. The predicted octanol–water partition coefficient (Wildman–Crippen LogP) is 5.05. The SMILES string of the molecule is CNc1cc(CCl)cc(COc2cc3c(cc2OC)C(=O)N2c4ccccc4CC2CN3)c1. The first-order valence-corrected chi connectivity index (χ1v) is 11.5. The van der Waals surface area contributed by atoms with Crippen LogP contribution in [0.4, 0.5) is 17.1 Å². The Morgan fingerprint density at radius 3 is 2.73 bits per heavy atom. The van der Waals surface area contributed by atoms with E-state index >= 15 is 0 Å². The lowest BCUT2D eigenvalue weighted by molar-refractivity contribution is 0.0983. The van der Waals surface area contributed by atoms with E-state index in [2.05, 4.69) is 16.7 Å². The molecule has 6 nitrogen and oxygen atoms in total. The lowest BCUT2D eigenvalue weighted by atomic mass is 10.1. The lowest BCUT2D eigenvalue weighted by Gasteiger charge is -2.22. The summed E-state index contributed by atoms with van der Waals surface area (Å²) in [5.41, 5.74) is 6.52. The molecule has 33 heavy (non-hydrogen) atoms. The molecule has 1 unspecified atom stereocenters. The van der Waals surface area contributed by atoms with E-state index < -0.39 is 0 Å². The van der Waals surface area contributed by atoms with Crippen molar-refractivity contribution in [3.63, 3.8) is 0 Å². The number of rotatable bonds is 6. The number of amides is 1. The van der Waals surface area contributed by atoms with Crippen LogP contribution >= 0.6 is 11.6 Å².